The van der Waals surface area contributed by atoms with Crippen LogP contribution >= 0.6 is 0 Å². The number of allylic oxidation sites excluding steroid dienone is 1. The van der Waals surface area contributed by atoms with E-state index in [9.17, 15) is 0 Å². The van der Waals surface area contributed by atoms with Crippen molar-refractivity contribution in [3.8, 4) is 5.75 Å². The summed E-state index contributed by atoms with van der Waals surface area (Å²) in [6.07, 6.45) is 3.17. The van der Waals surface area contributed by atoms with Gasteiger partial charge < -0.3 is 10.4 Å². The first kappa shape index (κ1) is 12.8. The molecule has 0 aliphatic carbocycles. The highest BCUT2D eigenvalue weighted by molar-refractivity contribution is 5.26. The first-order chi connectivity index (χ1) is 7.58. The van der Waals surface area contributed by atoms with E-state index < -0.39 is 0 Å². The van der Waals surface area contributed by atoms with Gasteiger partial charge in [-0.05, 0) is 44.9 Å². The van der Waals surface area contributed by atoms with Crippen LogP contribution < -0.4 is 5.32 Å². The molecule has 1 atom stereocenters. The summed E-state index contributed by atoms with van der Waals surface area (Å²) in [5, 5.41) is 12.6. The molecule has 1 aromatic carbocycles. The Hall–Kier alpha value is -1.28. The van der Waals surface area contributed by atoms with E-state index in [0.717, 1.165) is 13.0 Å². The van der Waals surface area contributed by atoms with Gasteiger partial charge >= 0.3 is 0 Å². The van der Waals surface area contributed by atoms with E-state index in [1.54, 1.807) is 12.1 Å². The second-order valence-corrected chi connectivity index (χ2v) is 4.46. The molecule has 0 saturated carbocycles. The lowest BCUT2D eigenvalue weighted by Gasteiger charge is -2.12. The van der Waals surface area contributed by atoms with Crippen molar-refractivity contribution in [1.82, 2.24) is 5.32 Å². The van der Waals surface area contributed by atoms with E-state index in [1.165, 1.54) is 11.1 Å². The number of phenolic OH excluding ortho intramolecular Hbond substituents is 1. The summed E-state index contributed by atoms with van der Waals surface area (Å²) in [5.41, 5.74) is 2.58. The van der Waals surface area contributed by atoms with Crippen molar-refractivity contribution in [2.75, 3.05) is 6.54 Å². The molecular formula is C14H21NO. The number of benzene rings is 1. The van der Waals surface area contributed by atoms with Crippen molar-refractivity contribution in [2.45, 2.75) is 33.2 Å². The Kier molecular flexibility index (Phi) is 5.06. The average Bonchev–Trinajstić information content (AvgIpc) is 2.21. The topological polar surface area (TPSA) is 32.3 Å². The summed E-state index contributed by atoms with van der Waals surface area (Å²) in [5.74, 6) is 0.328. The Morgan fingerprint density at radius 1 is 1.31 bits per heavy atom. The molecule has 0 radical (unpaired) electrons. The molecule has 0 aliphatic rings. The van der Waals surface area contributed by atoms with Crippen LogP contribution in [0.3, 0.4) is 0 Å². The zero-order chi connectivity index (χ0) is 12.0. The monoisotopic (exact) mass is 219 g/mol. The highest BCUT2D eigenvalue weighted by atomic mass is 16.3. The Morgan fingerprint density at radius 3 is 2.50 bits per heavy atom. The van der Waals surface area contributed by atoms with Gasteiger partial charge in [0.15, 0.2) is 0 Å². The third-order valence-electron chi connectivity index (χ3n) is 2.45. The first-order valence-electron chi connectivity index (χ1n) is 5.72. The van der Waals surface area contributed by atoms with Crippen LogP contribution in [-0.4, -0.2) is 17.7 Å². The van der Waals surface area contributed by atoms with Crippen molar-refractivity contribution in [1.29, 1.82) is 0 Å². The van der Waals surface area contributed by atoms with Crippen molar-refractivity contribution in [2.24, 2.45) is 0 Å². The fourth-order valence-electron chi connectivity index (χ4n) is 1.52. The van der Waals surface area contributed by atoms with Crippen molar-refractivity contribution in [3.05, 3.63) is 41.5 Å². The van der Waals surface area contributed by atoms with Gasteiger partial charge in [-0.3, -0.25) is 0 Å². The van der Waals surface area contributed by atoms with Crippen LogP contribution in [0, 0.1) is 0 Å². The zero-order valence-electron chi connectivity index (χ0n) is 10.3. The average molecular weight is 219 g/mol. The molecule has 2 heteroatoms. The fraction of sp³-hybridized carbons (Fsp3) is 0.429. The second kappa shape index (κ2) is 6.33. The molecule has 0 aliphatic heterocycles. The minimum atomic E-state index is 0.328. The van der Waals surface area contributed by atoms with Gasteiger partial charge in [0, 0.05) is 12.6 Å². The molecule has 2 N–H and O–H groups in total. The van der Waals surface area contributed by atoms with E-state index >= 15 is 0 Å². The largest absolute Gasteiger partial charge is 0.508 e. The molecule has 0 spiro atoms. The van der Waals surface area contributed by atoms with E-state index in [4.69, 9.17) is 5.11 Å². The maximum Gasteiger partial charge on any atom is 0.115 e. The molecule has 1 unspecified atom stereocenters. The van der Waals surface area contributed by atoms with Crippen LogP contribution in [0.15, 0.2) is 35.9 Å². The maximum atomic E-state index is 9.17. The van der Waals surface area contributed by atoms with Crippen LogP contribution in [0.5, 0.6) is 5.75 Å². The highest BCUT2D eigenvalue weighted by Gasteiger charge is 2.01. The molecule has 0 fully saturated rings. The van der Waals surface area contributed by atoms with Crippen LogP contribution in [0.4, 0.5) is 0 Å². The number of hydrogen-bond donors (Lipinski definition) is 2. The van der Waals surface area contributed by atoms with E-state index in [-0.39, 0.29) is 0 Å². The van der Waals surface area contributed by atoms with Crippen molar-refractivity contribution < 1.29 is 5.11 Å². The van der Waals surface area contributed by atoms with Crippen LogP contribution in [0.1, 0.15) is 26.3 Å². The Labute approximate surface area is 98.0 Å². The Morgan fingerprint density at radius 2 is 1.94 bits per heavy atom. The smallest absolute Gasteiger partial charge is 0.115 e. The lowest BCUT2D eigenvalue weighted by atomic mass is 10.1. The number of nitrogens with one attached hydrogen (secondary N) is 1. The van der Waals surface area contributed by atoms with Crippen molar-refractivity contribution >= 4 is 0 Å². The van der Waals surface area contributed by atoms with E-state index in [0.29, 0.717) is 11.8 Å². The number of rotatable bonds is 5. The quantitative estimate of drug-likeness (QED) is 0.746. The molecule has 0 heterocycles. The van der Waals surface area contributed by atoms with Gasteiger partial charge in [-0.15, -0.1) is 0 Å². The van der Waals surface area contributed by atoms with E-state index in [2.05, 4.69) is 32.2 Å². The SMILES string of the molecule is CC(C)=CCNC(C)Cc1ccc(O)cc1. The minimum absolute atomic E-state index is 0.328. The van der Waals surface area contributed by atoms with Gasteiger partial charge in [0.25, 0.3) is 0 Å². The third-order valence-corrected chi connectivity index (χ3v) is 2.45. The standard InChI is InChI=1S/C14H21NO/c1-11(2)8-9-15-12(3)10-13-4-6-14(16)7-5-13/h4-8,12,15-16H,9-10H2,1-3H3. The molecule has 88 valence electrons. The first-order valence-corrected chi connectivity index (χ1v) is 5.72. The molecule has 0 saturated heterocycles. The Balaban J connectivity index is 2.36. The maximum absolute atomic E-state index is 9.17. The minimum Gasteiger partial charge on any atom is -0.508 e. The predicted molar refractivity (Wildman–Crippen MR) is 68.7 cm³/mol. The van der Waals surface area contributed by atoms with Gasteiger partial charge in [0.1, 0.15) is 5.75 Å². The van der Waals surface area contributed by atoms with Crippen LogP contribution in [-0.2, 0) is 6.42 Å². The molecular weight excluding hydrogens is 198 g/mol. The van der Waals surface area contributed by atoms with Gasteiger partial charge in [0.05, 0.1) is 0 Å². The predicted octanol–water partition coefficient (Wildman–Crippen LogP) is 2.88. The van der Waals surface area contributed by atoms with Gasteiger partial charge in [-0.1, -0.05) is 23.8 Å². The zero-order valence-corrected chi connectivity index (χ0v) is 10.3. The number of phenols is 1. The van der Waals surface area contributed by atoms with Crippen molar-refractivity contribution in [3.63, 3.8) is 0 Å². The Bertz CT molecular complexity index is 336. The summed E-state index contributed by atoms with van der Waals surface area (Å²) >= 11 is 0. The second-order valence-electron chi connectivity index (χ2n) is 4.46. The molecule has 1 rings (SSSR count). The summed E-state index contributed by atoms with van der Waals surface area (Å²) in [6.45, 7) is 7.30. The third kappa shape index (κ3) is 4.99. The number of hydrogen-bond acceptors (Lipinski definition) is 2. The summed E-state index contributed by atoms with van der Waals surface area (Å²) in [6, 6.07) is 7.85. The fourth-order valence-corrected chi connectivity index (χ4v) is 1.52. The molecule has 0 aromatic heterocycles. The summed E-state index contributed by atoms with van der Waals surface area (Å²) in [4.78, 5) is 0. The van der Waals surface area contributed by atoms with Gasteiger partial charge in [0.2, 0.25) is 0 Å². The van der Waals surface area contributed by atoms with Crippen LogP contribution in [0.25, 0.3) is 0 Å². The van der Waals surface area contributed by atoms with E-state index in [1.807, 2.05) is 12.1 Å². The summed E-state index contributed by atoms with van der Waals surface area (Å²) < 4.78 is 0. The number of aromatic hydroxyl groups is 1. The molecule has 2 nitrogen and oxygen atoms in total. The van der Waals surface area contributed by atoms with Gasteiger partial charge in [-0.2, -0.15) is 0 Å². The van der Waals surface area contributed by atoms with Gasteiger partial charge in [-0.25, -0.2) is 0 Å². The molecule has 0 amide bonds. The summed E-state index contributed by atoms with van der Waals surface area (Å²) in [7, 11) is 0. The lowest BCUT2D eigenvalue weighted by molar-refractivity contribution is 0.474. The molecule has 16 heavy (non-hydrogen) atoms. The normalized spacial score (nSPS) is 12.2. The molecule has 0 bridgehead atoms. The lowest BCUT2D eigenvalue weighted by Crippen LogP contribution is -2.28. The van der Waals surface area contributed by atoms with Crippen LogP contribution in [0.2, 0.25) is 0 Å². The molecule has 1 aromatic rings. The highest BCUT2D eigenvalue weighted by Crippen LogP contribution is 2.11.